The van der Waals surface area contributed by atoms with Crippen molar-refractivity contribution in [2.45, 2.75) is 26.8 Å². The van der Waals surface area contributed by atoms with Crippen molar-refractivity contribution in [3.05, 3.63) is 17.2 Å². The third-order valence-electron chi connectivity index (χ3n) is 2.07. The quantitative estimate of drug-likeness (QED) is 0.655. The lowest BCUT2D eigenvalue weighted by atomic mass is 10.2. The molecule has 0 saturated carbocycles. The van der Waals surface area contributed by atoms with E-state index >= 15 is 0 Å². The fraction of sp³-hybridized carbons (Fsp3) is 0.625. The van der Waals surface area contributed by atoms with Crippen LogP contribution >= 0.6 is 0 Å². The maximum Gasteiger partial charge on any atom is 0.105 e. The standard InChI is InChI=1S/C8H15N3/c1-5(9)8-6(2)11(4)7(3)10-8/h5H,9H2,1-4H3. The number of hydrogen-bond acceptors (Lipinski definition) is 2. The molecule has 0 spiro atoms. The molecule has 2 N–H and O–H groups in total. The van der Waals surface area contributed by atoms with Crippen LogP contribution in [0.4, 0.5) is 0 Å². The Kier molecular flexibility index (Phi) is 2.00. The molecule has 3 heteroatoms. The summed E-state index contributed by atoms with van der Waals surface area (Å²) in [5, 5.41) is 0. The van der Waals surface area contributed by atoms with Crippen LogP contribution in [0, 0.1) is 13.8 Å². The van der Waals surface area contributed by atoms with Gasteiger partial charge in [0.2, 0.25) is 0 Å². The summed E-state index contributed by atoms with van der Waals surface area (Å²) in [4.78, 5) is 4.35. The zero-order valence-corrected chi connectivity index (χ0v) is 7.55. The lowest BCUT2D eigenvalue weighted by molar-refractivity contribution is 0.771. The first-order chi connectivity index (χ1) is 5.04. The van der Waals surface area contributed by atoms with E-state index in [2.05, 4.69) is 9.55 Å². The van der Waals surface area contributed by atoms with Gasteiger partial charge < -0.3 is 10.3 Å². The van der Waals surface area contributed by atoms with Gasteiger partial charge in [-0.15, -0.1) is 0 Å². The fourth-order valence-corrected chi connectivity index (χ4v) is 1.18. The lowest BCUT2D eigenvalue weighted by Gasteiger charge is -2.02. The maximum absolute atomic E-state index is 5.72. The molecular weight excluding hydrogens is 138 g/mol. The van der Waals surface area contributed by atoms with Gasteiger partial charge in [0.15, 0.2) is 0 Å². The third kappa shape index (κ3) is 1.28. The summed E-state index contributed by atoms with van der Waals surface area (Å²) in [6, 6.07) is 0.0369. The largest absolute Gasteiger partial charge is 0.335 e. The maximum atomic E-state index is 5.72. The third-order valence-corrected chi connectivity index (χ3v) is 2.07. The summed E-state index contributed by atoms with van der Waals surface area (Å²) in [7, 11) is 2.00. The first-order valence-electron chi connectivity index (χ1n) is 3.79. The Hall–Kier alpha value is -0.830. The van der Waals surface area contributed by atoms with Crippen molar-refractivity contribution in [2.24, 2.45) is 12.8 Å². The second kappa shape index (κ2) is 2.66. The fourth-order valence-electron chi connectivity index (χ4n) is 1.18. The van der Waals surface area contributed by atoms with Gasteiger partial charge in [-0.2, -0.15) is 0 Å². The van der Waals surface area contributed by atoms with Crippen molar-refractivity contribution in [2.75, 3.05) is 0 Å². The number of aryl methyl sites for hydroxylation is 1. The molecule has 1 rings (SSSR count). The van der Waals surface area contributed by atoms with Crippen LogP contribution in [0.15, 0.2) is 0 Å². The molecule has 62 valence electrons. The van der Waals surface area contributed by atoms with E-state index in [1.165, 1.54) is 0 Å². The van der Waals surface area contributed by atoms with Crippen LogP contribution < -0.4 is 5.73 Å². The molecule has 1 heterocycles. The van der Waals surface area contributed by atoms with E-state index in [1.54, 1.807) is 0 Å². The highest BCUT2D eigenvalue weighted by Crippen LogP contribution is 2.14. The van der Waals surface area contributed by atoms with E-state index in [-0.39, 0.29) is 6.04 Å². The Labute approximate surface area is 67.2 Å². The van der Waals surface area contributed by atoms with E-state index in [1.807, 2.05) is 27.8 Å². The van der Waals surface area contributed by atoms with Gasteiger partial charge in [-0.1, -0.05) is 0 Å². The van der Waals surface area contributed by atoms with Crippen LogP contribution in [0.3, 0.4) is 0 Å². The molecule has 0 aliphatic heterocycles. The number of imidazole rings is 1. The van der Waals surface area contributed by atoms with Crippen molar-refractivity contribution >= 4 is 0 Å². The number of rotatable bonds is 1. The van der Waals surface area contributed by atoms with E-state index in [4.69, 9.17) is 5.73 Å². The average Bonchev–Trinajstić information content (AvgIpc) is 2.17. The molecule has 0 amide bonds. The molecule has 1 aromatic rings. The van der Waals surface area contributed by atoms with Crippen molar-refractivity contribution in [3.8, 4) is 0 Å². The minimum Gasteiger partial charge on any atom is -0.335 e. The van der Waals surface area contributed by atoms with Crippen LogP contribution in [0.1, 0.15) is 30.2 Å². The van der Waals surface area contributed by atoms with Crippen LogP contribution in [-0.2, 0) is 7.05 Å². The molecular formula is C8H15N3. The van der Waals surface area contributed by atoms with E-state index in [0.717, 1.165) is 17.2 Å². The van der Waals surface area contributed by atoms with Gasteiger partial charge in [0.25, 0.3) is 0 Å². The van der Waals surface area contributed by atoms with Crippen molar-refractivity contribution in [3.63, 3.8) is 0 Å². The van der Waals surface area contributed by atoms with Gasteiger partial charge in [0.1, 0.15) is 5.82 Å². The average molecular weight is 153 g/mol. The minimum atomic E-state index is 0.0369. The SMILES string of the molecule is Cc1nc(C(C)N)c(C)n1C. The number of hydrogen-bond donors (Lipinski definition) is 1. The smallest absolute Gasteiger partial charge is 0.105 e. The molecule has 1 atom stereocenters. The lowest BCUT2D eigenvalue weighted by Crippen LogP contribution is -2.07. The second-order valence-corrected chi connectivity index (χ2v) is 2.98. The predicted octanol–water partition coefficient (Wildman–Crippen LogP) is 1.06. The van der Waals surface area contributed by atoms with Gasteiger partial charge in [-0.3, -0.25) is 0 Å². The molecule has 0 bridgehead atoms. The summed E-state index contributed by atoms with van der Waals surface area (Å²) in [6.07, 6.45) is 0. The Morgan fingerprint density at radius 1 is 1.45 bits per heavy atom. The summed E-state index contributed by atoms with van der Waals surface area (Å²) in [5.74, 6) is 1.02. The Morgan fingerprint density at radius 2 is 2.00 bits per heavy atom. The number of nitrogens with zero attached hydrogens (tertiary/aromatic N) is 2. The van der Waals surface area contributed by atoms with Gasteiger partial charge in [-0.05, 0) is 20.8 Å². The summed E-state index contributed by atoms with van der Waals surface area (Å²) in [6.45, 7) is 5.98. The zero-order valence-electron chi connectivity index (χ0n) is 7.55. The van der Waals surface area contributed by atoms with Gasteiger partial charge in [-0.25, -0.2) is 4.98 Å². The van der Waals surface area contributed by atoms with E-state index in [0.29, 0.717) is 0 Å². The normalized spacial score (nSPS) is 13.5. The molecule has 11 heavy (non-hydrogen) atoms. The van der Waals surface area contributed by atoms with Gasteiger partial charge >= 0.3 is 0 Å². The van der Waals surface area contributed by atoms with Gasteiger partial charge in [0.05, 0.1) is 5.69 Å². The van der Waals surface area contributed by atoms with Crippen LogP contribution in [0.2, 0.25) is 0 Å². The topological polar surface area (TPSA) is 43.8 Å². The summed E-state index contributed by atoms with van der Waals surface area (Å²) < 4.78 is 2.05. The first-order valence-corrected chi connectivity index (χ1v) is 3.79. The van der Waals surface area contributed by atoms with Crippen molar-refractivity contribution < 1.29 is 0 Å². The highest BCUT2D eigenvalue weighted by molar-refractivity contribution is 5.17. The van der Waals surface area contributed by atoms with E-state index < -0.39 is 0 Å². The minimum absolute atomic E-state index is 0.0369. The van der Waals surface area contributed by atoms with Crippen molar-refractivity contribution in [1.82, 2.24) is 9.55 Å². The predicted molar refractivity (Wildman–Crippen MR) is 45.3 cm³/mol. The van der Waals surface area contributed by atoms with Crippen LogP contribution in [0.25, 0.3) is 0 Å². The molecule has 0 radical (unpaired) electrons. The van der Waals surface area contributed by atoms with Crippen LogP contribution in [-0.4, -0.2) is 9.55 Å². The van der Waals surface area contributed by atoms with Gasteiger partial charge in [0, 0.05) is 18.8 Å². The molecule has 1 aromatic heterocycles. The molecule has 0 fully saturated rings. The monoisotopic (exact) mass is 153 g/mol. The number of nitrogens with two attached hydrogens (primary N) is 1. The number of aromatic nitrogens is 2. The highest BCUT2D eigenvalue weighted by Gasteiger charge is 2.10. The summed E-state index contributed by atoms with van der Waals surface area (Å²) >= 11 is 0. The highest BCUT2D eigenvalue weighted by atomic mass is 15.1. The van der Waals surface area contributed by atoms with Crippen molar-refractivity contribution in [1.29, 1.82) is 0 Å². The second-order valence-electron chi connectivity index (χ2n) is 2.98. The van der Waals surface area contributed by atoms with Crippen LogP contribution in [0.5, 0.6) is 0 Å². The molecule has 0 aliphatic carbocycles. The molecule has 0 aromatic carbocycles. The Balaban J connectivity index is 3.19. The molecule has 0 saturated heterocycles. The molecule has 0 aliphatic rings. The Bertz CT molecular complexity index is 261. The Morgan fingerprint density at radius 3 is 2.18 bits per heavy atom. The van der Waals surface area contributed by atoms with E-state index in [9.17, 15) is 0 Å². The zero-order chi connectivity index (χ0) is 8.59. The molecule has 3 nitrogen and oxygen atoms in total. The first kappa shape index (κ1) is 8.27. The summed E-state index contributed by atoms with van der Waals surface area (Å²) in [5.41, 5.74) is 7.89. The molecule has 1 unspecified atom stereocenters.